The predicted octanol–water partition coefficient (Wildman–Crippen LogP) is 5.04. The van der Waals surface area contributed by atoms with Crippen molar-refractivity contribution in [3.63, 3.8) is 0 Å². The first-order chi connectivity index (χ1) is 19.2. The van der Waals surface area contributed by atoms with E-state index in [1.54, 1.807) is 6.20 Å². The summed E-state index contributed by atoms with van der Waals surface area (Å²) in [4.78, 5) is 31.1. The molecule has 39 heavy (non-hydrogen) atoms. The fourth-order valence-corrected chi connectivity index (χ4v) is 6.34. The largest absolute Gasteiger partial charge is 0.490 e. The number of H-pyrrole nitrogens is 1. The number of hydrogen-bond acceptors (Lipinski definition) is 5. The molecule has 2 saturated heterocycles. The molecule has 2 aliphatic heterocycles. The van der Waals surface area contributed by atoms with Gasteiger partial charge in [0, 0.05) is 47.6 Å². The smallest absolute Gasteiger partial charge is 0.251 e. The first kappa shape index (κ1) is 23.9. The molecule has 2 amide bonds. The Bertz CT molecular complexity index is 1480. The van der Waals surface area contributed by atoms with Gasteiger partial charge in [0.25, 0.3) is 5.91 Å². The normalized spacial score (nSPS) is 23.0. The van der Waals surface area contributed by atoms with Gasteiger partial charge >= 0.3 is 0 Å². The van der Waals surface area contributed by atoms with Gasteiger partial charge in [0.1, 0.15) is 11.9 Å². The maximum absolute atomic E-state index is 13.3. The Balaban J connectivity index is 1.08. The number of aromatic amines is 1. The molecule has 1 saturated carbocycles. The first-order valence-corrected chi connectivity index (χ1v) is 13.9. The van der Waals surface area contributed by atoms with E-state index in [1.807, 2.05) is 65.6 Å². The van der Waals surface area contributed by atoms with Gasteiger partial charge in [-0.2, -0.15) is 5.10 Å². The maximum atomic E-state index is 13.3. The fourth-order valence-electron chi connectivity index (χ4n) is 6.34. The fraction of sp³-hybridized carbons (Fsp3) is 0.355. The molecular formula is C31H31N5O3. The summed E-state index contributed by atoms with van der Waals surface area (Å²) in [6, 6.07) is 20.0. The van der Waals surface area contributed by atoms with Gasteiger partial charge in [-0.05, 0) is 86.2 Å². The molecule has 2 aromatic heterocycles. The van der Waals surface area contributed by atoms with Gasteiger partial charge in [-0.15, -0.1) is 0 Å². The molecule has 3 fully saturated rings. The predicted molar refractivity (Wildman–Crippen MR) is 147 cm³/mol. The summed E-state index contributed by atoms with van der Waals surface area (Å²) in [5, 5.41) is 11.8. The minimum atomic E-state index is -0.107. The number of pyridine rings is 1. The number of piperidine rings is 1. The number of fused-ring (bicyclic) bond motifs is 3. The molecule has 4 aromatic rings. The summed E-state index contributed by atoms with van der Waals surface area (Å²) >= 11 is 0. The van der Waals surface area contributed by atoms with Crippen LogP contribution in [0.5, 0.6) is 5.75 Å². The van der Waals surface area contributed by atoms with Crippen molar-refractivity contribution in [1.29, 1.82) is 0 Å². The first-order valence-electron chi connectivity index (χ1n) is 13.9. The van der Waals surface area contributed by atoms with Crippen LogP contribution in [0.3, 0.4) is 0 Å². The average Bonchev–Trinajstić information content (AvgIpc) is 3.67. The van der Waals surface area contributed by atoms with E-state index in [1.165, 1.54) is 0 Å². The van der Waals surface area contributed by atoms with Crippen molar-refractivity contribution in [2.75, 3.05) is 0 Å². The van der Waals surface area contributed by atoms with Crippen LogP contribution in [-0.2, 0) is 4.79 Å². The maximum Gasteiger partial charge on any atom is 0.251 e. The second-order valence-corrected chi connectivity index (χ2v) is 11.0. The molecule has 7 rings (SSSR count). The number of ether oxygens (including phenoxy) is 1. The van der Waals surface area contributed by atoms with Crippen LogP contribution in [0.25, 0.3) is 22.2 Å². The van der Waals surface area contributed by atoms with Crippen LogP contribution in [0.1, 0.15) is 60.6 Å². The zero-order valence-corrected chi connectivity index (χ0v) is 21.6. The van der Waals surface area contributed by atoms with E-state index < -0.39 is 0 Å². The summed E-state index contributed by atoms with van der Waals surface area (Å²) in [6.45, 7) is 0. The van der Waals surface area contributed by atoms with Crippen molar-refractivity contribution < 1.29 is 14.3 Å². The van der Waals surface area contributed by atoms with Crippen molar-refractivity contribution in [2.24, 2.45) is 5.92 Å². The standard InChI is InChI=1S/C31H31N5O3/c37-18-36-22-9-10-23(36)17-25(16-22)39-24-11-6-19(7-12-24)29-26-15-21(8-13-27(26)34-35-29)31(38)33-30(20-4-5-20)28-3-1-2-14-32-28/h1-3,6-8,11-15,18,20,22-23,25,30H,4-5,9-10,16-17H2,(H,33,38)(H,34,35)/t22-,23+,25-,30-/m1/s1. The van der Waals surface area contributed by atoms with Gasteiger partial charge in [0.15, 0.2) is 0 Å². The minimum Gasteiger partial charge on any atom is -0.490 e. The molecule has 1 aliphatic carbocycles. The monoisotopic (exact) mass is 521 g/mol. The van der Waals surface area contributed by atoms with Crippen molar-refractivity contribution in [1.82, 2.24) is 25.4 Å². The van der Waals surface area contributed by atoms with Crippen LogP contribution in [0.15, 0.2) is 66.9 Å². The van der Waals surface area contributed by atoms with Crippen molar-refractivity contribution in [3.8, 4) is 17.0 Å². The highest BCUT2D eigenvalue weighted by Gasteiger charge is 2.41. The van der Waals surface area contributed by atoms with E-state index in [4.69, 9.17) is 4.74 Å². The van der Waals surface area contributed by atoms with Crippen LogP contribution >= 0.6 is 0 Å². The Hall–Kier alpha value is -4.20. The van der Waals surface area contributed by atoms with Gasteiger partial charge < -0.3 is 15.0 Å². The Kier molecular flexibility index (Phi) is 6.02. The molecule has 0 spiro atoms. The van der Waals surface area contributed by atoms with Crippen LogP contribution in [0.4, 0.5) is 0 Å². The van der Waals surface area contributed by atoms with Crippen molar-refractivity contribution in [2.45, 2.75) is 62.8 Å². The van der Waals surface area contributed by atoms with E-state index >= 15 is 0 Å². The molecule has 0 radical (unpaired) electrons. The SMILES string of the molecule is O=CN1[C@@H]2CC[C@H]1C[C@H](Oc1ccc(-c3n[nH]c4ccc(C(=O)N[C@@H](c5ccccn5)C5CC5)cc34)cc1)C2. The third-order valence-corrected chi connectivity index (χ3v) is 8.51. The lowest BCUT2D eigenvalue weighted by atomic mass is 10.0. The topological polar surface area (TPSA) is 100 Å². The highest BCUT2D eigenvalue weighted by molar-refractivity contribution is 6.01. The van der Waals surface area contributed by atoms with E-state index in [9.17, 15) is 9.59 Å². The molecule has 198 valence electrons. The Morgan fingerprint density at radius 2 is 1.82 bits per heavy atom. The number of aromatic nitrogens is 3. The molecule has 3 aliphatic rings. The number of nitrogens with one attached hydrogen (secondary N) is 2. The number of carbonyl (C=O) groups excluding carboxylic acids is 2. The van der Waals surface area contributed by atoms with Gasteiger partial charge in [-0.25, -0.2) is 0 Å². The summed E-state index contributed by atoms with van der Waals surface area (Å²) in [7, 11) is 0. The number of nitrogens with zero attached hydrogens (tertiary/aromatic N) is 3. The third-order valence-electron chi connectivity index (χ3n) is 8.51. The lowest BCUT2D eigenvalue weighted by molar-refractivity contribution is -0.123. The van der Waals surface area contributed by atoms with E-state index in [2.05, 4.69) is 20.5 Å². The summed E-state index contributed by atoms with van der Waals surface area (Å²) < 4.78 is 6.31. The molecule has 2 bridgehead atoms. The van der Waals surface area contributed by atoms with Gasteiger partial charge in [0.05, 0.1) is 22.9 Å². The van der Waals surface area contributed by atoms with Crippen LogP contribution in [-0.4, -0.2) is 50.6 Å². The Morgan fingerprint density at radius 3 is 2.51 bits per heavy atom. The third kappa shape index (κ3) is 4.64. The molecule has 8 heteroatoms. The van der Waals surface area contributed by atoms with E-state index in [0.29, 0.717) is 23.6 Å². The molecule has 4 heterocycles. The number of amides is 2. The molecular weight excluding hydrogens is 490 g/mol. The molecule has 0 unspecified atom stereocenters. The van der Waals surface area contributed by atoms with Crippen molar-refractivity contribution in [3.05, 3.63) is 78.1 Å². The second-order valence-electron chi connectivity index (χ2n) is 11.0. The van der Waals surface area contributed by atoms with Gasteiger partial charge in [-0.1, -0.05) is 6.07 Å². The molecule has 8 nitrogen and oxygen atoms in total. The summed E-state index contributed by atoms with van der Waals surface area (Å²) in [6.07, 6.45) is 9.01. The quantitative estimate of drug-likeness (QED) is 0.317. The number of benzene rings is 2. The van der Waals surface area contributed by atoms with E-state index in [0.717, 1.165) is 78.5 Å². The number of hydrogen-bond donors (Lipinski definition) is 2. The van der Waals surface area contributed by atoms with Crippen LogP contribution in [0, 0.1) is 5.92 Å². The molecule has 2 N–H and O–H groups in total. The second kappa shape index (κ2) is 9.84. The Morgan fingerprint density at radius 1 is 1.03 bits per heavy atom. The van der Waals surface area contributed by atoms with Crippen molar-refractivity contribution >= 4 is 23.2 Å². The lowest BCUT2D eigenvalue weighted by Gasteiger charge is -2.36. The number of carbonyl (C=O) groups is 2. The highest BCUT2D eigenvalue weighted by atomic mass is 16.5. The van der Waals surface area contributed by atoms with Crippen LogP contribution < -0.4 is 10.1 Å². The van der Waals surface area contributed by atoms with Gasteiger partial charge in [-0.3, -0.25) is 19.7 Å². The summed E-state index contributed by atoms with van der Waals surface area (Å²) in [5.74, 6) is 1.15. The summed E-state index contributed by atoms with van der Waals surface area (Å²) in [5.41, 5.74) is 4.13. The van der Waals surface area contributed by atoms with Crippen LogP contribution in [0.2, 0.25) is 0 Å². The highest BCUT2D eigenvalue weighted by Crippen LogP contribution is 2.41. The lowest BCUT2D eigenvalue weighted by Crippen LogP contribution is -2.45. The zero-order chi connectivity index (χ0) is 26.3. The number of rotatable bonds is 8. The van der Waals surface area contributed by atoms with Gasteiger partial charge in [0.2, 0.25) is 6.41 Å². The Labute approximate surface area is 226 Å². The molecule has 4 atom stereocenters. The minimum absolute atomic E-state index is 0.0772. The van der Waals surface area contributed by atoms with E-state index in [-0.39, 0.29) is 18.1 Å². The zero-order valence-electron chi connectivity index (χ0n) is 21.6. The molecule has 2 aromatic carbocycles. The average molecular weight is 522 g/mol.